The van der Waals surface area contributed by atoms with Crippen LogP contribution in [0.3, 0.4) is 0 Å². The van der Waals surface area contributed by atoms with Gasteiger partial charge in [0.25, 0.3) is 4.83 Å². The van der Waals surface area contributed by atoms with Crippen LogP contribution in [0.25, 0.3) is 10.2 Å². The quantitative estimate of drug-likeness (QED) is 0.486. The number of rotatable bonds is 4. The SMILES string of the molecule is Cc1cc2c(SCC(=O)[O-])ncnc2[s+]1C1CC1. The molecular weight excluding hydrogens is 268 g/mol. The summed E-state index contributed by atoms with van der Waals surface area (Å²) in [4.78, 5) is 21.6. The number of nitrogens with zero attached hydrogens (tertiary/aromatic N) is 2. The average molecular weight is 280 g/mol. The summed E-state index contributed by atoms with van der Waals surface area (Å²) in [5.41, 5.74) is 0. The van der Waals surface area contributed by atoms with Crippen molar-refractivity contribution >= 4 is 38.4 Å². The zero-order valence-electron chi connectivity index (χ0n) is 9.88. The number of hydrogen-bond donors (Lipinski definition) is 0. The molecule has 4 nitrogen and oxygen atoms in total. The van der Waals surface area contributed by atoms with Crippen molar-refractivity contribution in [2.45, 2.75) is 30.0 Å². The molecule has 0 aliphatic heterocycles. The number of carbonyl (C=O) groups excluding carboxylic acids is 1. The van der Waals surface area contributed by atoms with Gasteiger partial charge in [-0.1, -0.05) is 11.8 Å². The highest BCUT2D eigenvalue weighted by Crippen LogP contribution is 2.55. The van der Waals surface area contributed by atoms with Gasteiger partial charge < -0.3 is 9.90 Å². The third kappa shape index (κ3) is 2.10. The largest absolute Gasteiger partial charge is 0.549 e. The van der Waals surface area contributed by atoms with Gasteiger partial charge in [0.05, 0.1) is 11.4 Å². The van der Waals surface area contributed by atoms with Gasteiger partial charge in [0.2, 0.25) is 0 Å². The monoisotopic (exact) mass is 280 g/mol. The Balaban J connectivity index is 2.05. The summed E-state index contributed by atoms with van der Waals surface area (Å²) >= 11 is 1.22. The van der Waals surface area contributed by atoms with E-state index >= 15 is 0 Å². The molecule has 6 heteroatoms. The van der Waals surface area contributed by atoms with Gasteiger partial charge in [0, 0.05) is 42.1 Å². The summed E-state index contributed by atoms with van der Waals surface area (Å²) in [6, 6.07) is 2.12. The van der Waals surface area contributed by atoms with E-state index in [4.69, 9.17) is 0 Å². The van der Waals surface area contributed by atoms with Gasteiger partial charge in [0.15, 0.2) is 4.88 Å². The summed E-state index contributed by atoms with van der Waals surface area (Å²) in [6.07, 6.45) is 4.10. The molecule has 0 amide bonds. The fraction of sp³-hybridized carbons (Fsp3) is 0.417. The first kappa shape index (κ1) is 11.9. The van der Waals surface area contributed by atoms with Gasteiger partial charge in [0.1, 0.15) is 16.6 Å². The number of aliphatic carboxylic acids is 1. The maximum atomic E-state index is 10.5. The smallest absolute Gasteiger partial charge is 0.278 e. The van der Waals surface area contributed by atoms with Crippen LogP contribution in [0.5, 0.6) is 0 Å². The van der Waals surface area contributed by atoms with Crippen LogP contribution in [0.2, 0.25) is 0 Å². The molecule has 1 saturated carbocycles. The maximum Gasteiger partial charge on any atom is 0.278 e. The summed E-state index contributed by atoms with van der Waals surface area (Å²) < 4.78 is 0. The summed E-state index contributed by atoms with van der Waals surface area (Å²) in [5, 5.41) is 13.1. The highest BCUT2D eigenvalue weighted by molar-refractivity contribution is 8.00. The van der Waals surface area contributed by atoms with E-state index in [1.165, 1.54) is 29.5 Å². The summed E-state index contributed by atoms with van der Waals surface area (Å²) in [6.45, 7) is 2.14. The zero-order chi connectivity index (χ0) is 12.7. The van der Waals surface area contributed by atoms with Gasteiger partial charge in [-0.2, -0.15) is 4.98 Å². The number of hydrogen-bond acceptors (Lipinski definition) is 5. The fourth-order valence-corrected chi connectivity index (χ4v) is 5.35. The van der Waals surface area contributed by atoms with E-state index in [1.807, 2.05) is 0 Å². The van der Waals surface area contributed by atoms with Crippen LogP contribution in [-0.4, -0.2) is 21.7 Å². The molecule has 2 aromatic heterocycles. The molecule has 3 rings (SSSR count). The minimum atomic E-state index is -1.06. The van der Waals surface area contributed by atoms with E-state index in [9.17, 15) is 9.90 Å². The first-order valence-electron chi connectivity index (χ1n) is 5.76. The molecular formula is C12H12N2O2S2. The normalized spacial score (nSPS) is 16.2. The first-order chi connectivity index (χ1) is 8.66. The Morgan fingerprint density at radius 3 is 3.00 bits per heavy atom. The number of carboxylic acids is 1. The van der Waals surface area contributed by atoms with Crippen LogP contribution in [0.1, 0.15) is 23.0 Å². The number of aryl methyl sites for hydroxylation is 1. The Hall–Kier alpha value is -1.14. The van der Waals surface area contributed by atoms with E-state index in [2.05, 4.69) is 23.0 Å². The van der Waals surface area contributed by atoms with Crippen molar-refractivity contribution in [3.63, 3.8) is 0 Å². The molecule has 94 valence electrons. The number of thioether (sulfide) groups is 1. The molecule has 1 aliphatic carbocycles. The molecule has 1 fully saturated rings. The van der Waals surface area contributed by atoms with Crippen molar-refractivity contribution in [1.82, 2.24) is 9.97 Å². The standard InChI is InChI=1S/C12H12N2O2S2/c1-7-4-9-11(17-5-10(15)16)13-6-14-12(9)18(7)8-2-3-8/h4,6,8H,2-3,5H2,1H3. The lowest BCUT2D eigenvalue weighted by molar-refractivity contribution is -0.301. The minimum absolute atomic E-state index is 0.0620. The van der Waals surface area contributed by atoms with E-state index < -0.39 is 5.97 Å². The molecule has 2 aromatic rings. The van der Waals surface area contributed by atoms with Crippen molar-refractivity contribution < 1.29 is 9.90 Å². The predicted molar refractivity (Wildman–Crippen MR) is 70.8 cm³/mol. The van der Waals surface area contributed by atoms with Crippen LogP contribution in [0, 0.1) is 6.92 Å². The Morgan fingerprint density at radius 1 is 1.56 bits per heavy atom. The lowest BCUT2D eigenvalue weighted by Gasteiger charge is -2.01. The molecule has 1 aliphatic rings. The third-order valence-corrected chi connectivity index (χ3v) is 6.57. The van der Waals surface area contributed by atoms with Crippen molar-refractivity contribution in [2.75, 3.05) is 5.75 Å². The molecule has 2 heterocycles. The molecule has 0 radical (unpaired) electrons. The molecule has 0 bridgehead atoms. The van der Waals surface area contributed by atoms with Gasteiger partial charge >= 0.3 is 0 Å². The minimum Gasteiger partial charge on any atom is -0.549 e. The van der Waals surface area contributed by atoms with E-state index in [0.29, 0.717) is 0 Å². The topological polar surface area (TPSA) is 65.9 Å². The molecule has 0 spiro atoms. The molecule has 0 N–H and O–H groups in total. The lowest BCUT2D eigenvalue weighted by Crippen LogP contribution is -2.24. The number of fused-ring (bicyclic) bond motifs is 1. The molecule has 18 heavy (non-hydrogen) atoms. The Morgan fingerprint density at radius 2 is 2.33 bits per heavy atom. The first-order valence-corrected chi connectivity index (χ1v) is 8.03. The Labute approximate surface area is 111 Å². The number of carboxylic acid groups (broad SMARTS) is 1. The second kappa shape index (κ2) is 4.51. The van der Waals surface area contributed by atoms with Crippen molar-refractivity contribution in [2.24, 2.45) is 0 Å². The van der Waals surface area contributed by atoms with Crippen LogP contribution >= 0.6 is 22.2 Å². The van der Waals surface area contributed by atoms with Crippen LogP contribution in [-0.2, 0) is 4.79 Å². The molecule has 1 unspecified atom stereocenters. The lowest BCUT2D eigenvalue weighted by atomic mass is 10.4. The fourth-order valence-electron chi connectivity index (χ4n) is 2.05. The van der Waals surface area contributed by atoms with Gasteiger partial charge in [-0.25, -0.2) is 4.98 Å². The number of thiophene rings is 1. The van der Waals surface area contributed by atoms with Gasteiger partial charge in [-0.3, -0.25) is 0 Å². The van der Waals surface area contributed by atoms with Crippen LogP contribution in [0.15, 0.2) is 17.4 Å². The highest BCUT2D eigenvalue weighted by Gasteiger charge is 2.38. The van der Waals surface area contributed by atoms with Gasteiger partial charge in [-0.05, 0) is 0 Å². The predicted octanol–water partition coefficient (Wildman–Crippen LogP) is 1.86. The Bertz CT molecular complexity index is 620. The van der Waals surface area contributed by atoms with Crippen molar-refractivity contribution in [3.05, 3.63) is 17.3 Å². The Kier molecular flexibility index (Phi) is 2.99. The second-order valence-corrected chi connectivity index (χ2v) is 7.69. The van der Waals surface area contributed by atoms with E-state index in [-0.39, 0.29) is 16.2 Å². The summed E-state index contributed by atoms with van der Waals surface area (Å²) in [5.74, 6) is -1.12. The molecule has 0 saturated heterocycles. The molecule has 0 aromatic carbocycles. The molecule has 1 atom stereocenters. The maximum absolute atomic E-state index is 10.5. The zero-order valence-corrected chi connectivity index (χ0v) is 11.5. The summed E-state index contributed by atoms with van der Waals surface area (Å²) in [7, 11) is 0.121. The van der Waals surface area contributed by atoms with Gasteiger partial charge in [-0.15, -0.1) is 0 Å². The van der Waals surface area contributed by atoms with Crippen LogP contribution < -0.4 is 5.11 Å². The van der Waals surface area contributed by atoms with Crippen molar-refractivity contribution in [1.29, 1.82) is 0 Å². The number of carbonyl (C=O) groups is 1. The third-order valence-electron chi connectivity index (χ3n) is 2.90. The van der Waals surface area contributed by atoms with Crippen LogP contribution in [0.4, 0.5) is 0 Å². The van der Waals surface area contributed by atoms with E-state index in [0.717, 1.165) is 20.5 Å². The van der Waals surface area contributed by atoms with Crippen molar-refractivity contribution in [3.8, 4) is 0 Å². The number of aromatic nitrogens is 2. The average Bonchev–Trinajstić information content (AvgIpc) is 3.09. The highest BCUT2D eigenvalue weighted by atomic mass is 32.2. The van der Waals surface area contributed by atoms with E-state index in [1.54, 1.807) is 6.33 Å². The second-order valence-electron chi connectivity index (χ2n) is 4.35.